The van der Waals surface area contributed by atoms with E-state index in [1.807, 2.05) is 24.3 Å². The van der Waals surface area contributed by atoms with E-state index in [0.29, 0.717) is 11.8 Å². The van der Waals surface area contributed by atoms with Gasteiger partial charge in [-0.3, -0.25) is 12.2 Å². The second-order valence-corrected chi connectivity index (χ2v) is 16.6. The monoisotopic (exact) mass is 536 g/mol. The van der Waals surface area contributed by atoms with Crippen LogP contribution in [0.15, 0.2) is 68.9 Å². The van der Waals surface area contributed by atoms with Crippen LogP contribution >= 0.6 is 0 Å². The van der Waals surface area contributed by atoms with Crippen LogP contribution in [0.4, 0.5) is 0 Å². The van der Waals surface area contributed by atoms with Crippen LogP contribution in [-0.4, -0.2) is 5.43 Å². The van der Waals surface area contributed by atoms with Crippen molar-refractivity contribution in [2.24, 2.45) is 11.8 Å². The van der Waals surface area contributed by atoms with Crippen LogP contribution in [0.3, 0.4) is 0 Å². The van der Waals surface area contributed by atoms with Crippen LogP contribution in [0.2, 0.25) is 13.1 Å². The Bertz CT molecular complexity index is 833. The first-order valence-electron chi connectivity index (χ1n) is 9.52. The van der Waals surface area contributed by atoms with E-state index >= 15 is 0 Å². The van der Waals surface area contributed by atoms with Gasteiger partial charge in [-0.25, -0.2) is 11.1 Å². The maximum Gasteiger partial charge on any atom is -1.00 e. The van der Waals surface area contributed by atoms with Crippen molar-refractivity contribution >= 4 is 16.6 Å². The Balaban J connectivity index is 0.000000452. The van der Waals surface area contributed by atoms with Gasteiger partial charge in [0.1, 0.15) is 0 Å². The fourth-order valence-corrected chi connectivity index (χ4v) is 3.07. The minimum Gasteiger partial charge on any atom is -1.00 e. The molecule has 2 atom stereocenters. The van der Waals surface area contributed by atoms with Crippen molar-refractivity contribution in [3.63, 3.8) is 0 Å². The van der Waals surface area contributed by atoms with E-state index < -0.39 is 0 Å². The zero-order valence-electron chi connectivity index (χ0n) is 18.3. The maximum atomic E-state index is 5.31. The van der Waals surface area contributed by atoms with Crippen LogP contribution in [0, 0.1) is 24.0 Å². The van der Waals surface area contributed by atoms with Gasteiger partial charge in [0, 0.05) is 0 Å². The summed E-state index contributed by atoms with van der Waals surface area (Å²) in [6.45, 7) is 13.0. The number of halogens is 2. The molecule has 2 aliphatic carbocycles. The molecule has 0 N–H and O–H groups in total. The van der Waals surface area contributed by atoms with Gasteiger partial charge < -0.3 is 33.6 Å². The first kappa shape index (κ1) is 29.2. The van der Waals surface area contributed by atoms with E-state index in [9.17, 15) is 0 Å². The summed E-state index contributed by atoms with van der Waals surface area (Å²) in [7, 11) is 0. The Kier molecular flexibility index (Phi) is 13.9. The number of allylic oxidation sites excluding steroid dienone is 8. The minimum atomic E-state index is 0. The Labute approximate surface area is 208 Å². The second-order valence-electron chi connectivity index (χ2n) is 7.23. The molecule has 2 nitrogen and oxygen atoms in total. The Morgan fingerprint density at radius 2 is 1.13 bits per heavy atom. The summed E-state index contributed by atoms with van der Waals surface area (Å²) in [5.41, 5.74) is 4.97. The predicted octanol–water partition coefficient (Wildman–Crippen LogP) is 0.917. The third kappa shape index (κ3) is 9.14. The first-order chi connectivity index (χ1) is 13.3. The molecule has 2 aromatic rings. The van der Waals surface area contributed by atoms with Crippen molar-refractivity contribution in [2.75, 3.05) is 0 Å². The predicted molar refractivity (Wildman–Crippen MR) is 114 cm³/mol. The molecule has 2 heterocycles. The summed E-state index contributed by atoms with van der Waals surface area (Å²) in [5.74, 6) is 2.74. The molecule has 30 heavy (non-hydrogen) atoms. The van der Waals surface area contributed by atoms with E-state index in [0.717, 1.165) is 11.5 Å². The molecule has 0 aromatic carbocycles. The molecule has 2 aromatic heterocycles. The largest absolute Gasteiger partial charge is 1.00 e. The van der Waals surface area contributed by atoms with Gasteiger partial charge in [0.2, 0.25) is 0 Å². The van der Waals surface area contributed by atoms with Crippen molar-refractivity contribution in [2.45, 2.75) is 40.8 Å². The van der Waals surface area contributed by atoms with Gasteiger partial charge in [-0.15, -0.1) is 11.1 Å². The molecule has 0 spiro atoms. The minimum absolute atomic E-state index is 0. The molecule has 2 aliphatic rings. The first-order valence-corrected chi connectivity index (χ1v) is 15.7. The van der Waals surface area contributed by atoms with E-state index in [1.165, 1.54) is 22.3 Å². The molecule has 4 rings (SSSR count). The summed E-state index contributed by atoms with van der Waals surface area (Å²) < 4.78 is 10.6. The van der Waals surface area contributed by atoms with Gasteiger partial charge in [0.15, 0.2) is 0 Å². The van der Waals surface area contributed by atoms with Crippen LogP contribution < -0.4 is 24.8 Å². The zero-order chi connectivity index (χ0) is 20.7. The normalized spacial score (nSPS) is 18.8. The topological polar surface area (TPSA) is 26.3 Å². The fourth-order valence-electron chi connectivity index (χ4n) is 3.07. The number of rotatable bonds is 2. The Morgan fingerprint density at radius 3 is 1.33 bits per heavy atom. The number of hydrogen-bond donors (Lipinski definition) is 0. The molecule has 2 unspecified atom stereocenters. The Morgan fingerprint density at radius 1 is 0.800 bits per heavy atom. The average Bonchev–Trinajstić information content (AvgIpc) is 3.36. The molecule has 0 amide bonds. The molecule has 0 fully saturated rings. The van der Waals surface area contributed by atoms with Crippen LogP contribution in [-0.2, 0) is 23.3 Å². The summed E-state index contributed by atoms with van der Waals surface area (Å²) in [6.07, 6.45) is 14.4. The van der Waals surface area contributed by atoms with Gasteiger partial charge >= 0.3 is 41.9 Å². The molecule has 160 valence electrons. The van der Waals surface area contributed by atoms with E-state index in [-0.39, 0.29) is 30.2 Å². The van der Waals surface area contributed by atoms with Gasteiger partial charge in [-0.05, 0) is 24.3 Å². The second kappa shape index (κ2) is 14.3. The number of hydrogen-bond acceptors (Lipinski definition) is 2. The van der Waals surface area contributed by atoms with Crippen molar-refractivity contribution in [1.29, 1.82) is 0 Å². The molecule has 0 saturated heterocycles. The van der Waals surface area contributed by atoms with E-state index in [2.05, 4.69) is 65.1 Å². The molecule has 0 saturated carbocycles. The third-order valence-electron chi connectivity index (χ3n) is 4.10. The SMILES string of the molecule is CC1=[C-]C(C)C=C1c1ccco1.CC1=[C-]C(C)C=C1c1ccco1.C[Si](C)=[Zr+2].[Cl-].[Cl-]. The van der Waals surface area contributed by atoms with Gasteiger partial charge in [-0.1, -0.05) is 39.5 Å². The molecular weight excluding hydrogens is 510 g/mol. The molecule has 0 bridgehead atoms. The van der Waals surface area contributed by atoms with Crippen molar-refractivity contribution < 1.29 is 57.0 Å². The smallest absolute Gasteiger partial charge is 1.00 e. The van der Waals surface area contributed by atoms with Crippen LogP contribution in [0.5, 0.6) is 0 Å². The van der Waals surface area contributed by atoms with Crippen LogP contribution in [0.25, 0.3) is 11.1 Å². The van der Waals surface area contributed by atoms with Gasteiger partial charge in [0.25, 0.3) is 0 Å². The summed E-state index contributed by atoms with van der Waals surface area (Å²) in [4.78, 5) is 0. The van der Waals surface area contributed by atoms with E-state index in [4.69, 9.17) is 8.83 Å². The zero-order valence-corrected chi connectivity index (χ0v) is 23.3. The summed E-state index contributed by atoms with van der Waals surface area (Å²) in [6, 6.07) is 7.78. The molecular formula is C24H28Cl2O2SiZr-2. The molecule has 6 heteroatoms. The van der Waals surface area contributed by atoms with Gasteiger partial charge in [0.05, 0.1) is 24.0 Å². The summed E-state index contributed by atoms with van der Waals surface area (Å²) >= 11 is 1.74. The van der Waals surface area contributed by atoms with E-state index in [1.54, 1.807) is 35.9 Å². The van der Waals surface area contributed by atoms with Crippen molar-refractivity contribution in [3.8, 4) is 0 Å². The quantitative estimate of drug-likeness (QED) is 0.420. The third-order valence-corrected chi connectivity index (χ3v) is 4.10. The number of furan rings is 2. The average molecular weight is 539 g/mol. The standard InChI is InChI=1S/2C11H11O.C2H6Si.2ClH.Zr/c2*1-8-6-9(2)10(7-8)11-4-3-5-12-11;1-3-2;;;/h2*3-5,7-8H,1-2H3;1-2H3;2*1H;/q2*-1;;;;+2/p-2. The van der Waals surface area contributed by atoms with Crippen molar-refractivity contribution in [1.82, 2.24) is 0 Å². The fraction of sp³-hybridized carbons (Fsp3) is 0.333. The maximum absolute atomic E-state index is 5.31. The van der Waals surface area contributed by atoms with Gasteiger partial charge in [-0.2, -0.15) is 12.2 Å². The Hall–Kier alpha value is -0.800. The van der Waals surface area contributed by atoms with Crippen LogP contribution in [0.1, 0.15) is 39.2 Å². The molecule has 0 radical (unpaired) electrons. The summed E-state index contributed by atoms with van der Waals surface area (Å²) in [5, 5.41) is 0. The van der Waals surface area contributed by atoms with Crippen molar-refractivity contribution in [3.05, 3.63) is 83.8 Å². The molecule has 0 aliphatic heterocycles.